The number of cyclic esters (lactones) is 1. The summed E-state index contributed by atoms with van der Waals surface area (Å²) < 4.78 is 5.87. The summed E-state index contributed by atoms with van der Waals surface area (Å²) in [6, 6.07) is 5.04. The van der Waals surface area contributed by atoms with Crippen LogP contribution in [0.2, 0.25) is 0 Å². The second-order valence-corrected chi connectivity index (χ2v) is 18.7. The molecule has 382 valence electrons. The number of amides is 8. The van der Waals surface area contributed by atoms with E-state index in [0.29, 0.717) is 17.5 Å². The maximum absolute atomic E-state index is 15.0. The van der Waals surface area contributed by atoms with Crippen LogP contribution in [0.5, 0.6) is 5.75 Å². The Hall–Kier alpha value is -6.83. The highest BCUT2D eigenvalue weighted by Gasteiger charge is 2.46. The van der Waals surface area contributed by atoms with E-state index in [2.05, 4.69) is 31.9 Å². The number of hydrogen-bond donors (Lipinski definition) is 8. The Kier molecular flexibility index (Phi) is 20.5. The number of likely N-dealkylation sites (N-methyl/N-ethyl adjacent to an activating group) is 1. The Morgan fingerprint density at radius 3 is 2.06 bits per heavy atom. The Bertz CT molecular complexity index is 2240. The number of aromatic hydroxyl groups is 1. The van der Waals surface area contributed by atoms with Crippen LogP contribution < -0.4 is 31.9 Å². The van der Waals surface area contributed by atoms with Gasteiger partial charge >= 0.3 is 5.97 Å². The number of allylic oxidation sites excluding steroid dienone is 1. The van der Waals surface area contributed by atoms with Gasteiger partial charge in [-0.15, -0.1) is 0 Å². The number of carbonyl (C=O) groups excluding carboxylic acids is 9. The highest BCUT2D eigenvalue weighted by Crippen LogP contribution is 2.26. The van der Waals surface area contributed by atoms with E-state index in [1.165, 1.54) is 46.0 Å². The van der Waals surface area contributed by atoms with Gasteiger partial charge in [0.1, 0.15) is 66.1 Å². The lowest BCUT2D eigenvalue weighted by molar-refractivity contribution is -0.165. The van der Waals surface area contributed by atoms with Gasteiger partial charge in [-0.2, -0.15) is 0 Å². The molecule has 0 saturated carbocycles. The molecule has 2 bridgehead atoms. The van der Waals surface area contributed by atoms with Crippen LogP contribution in [0.15, 0.2) is 66.4 Å². The number of ether oxygens (including phenoxy) is 1. The summed E-state index contributed by atoms with van der Waals surface area (Å²) >= 11 is 0. The molecule has 0 spiro atoms. The first-order chi connectivity index (χ1) is 33.1. The molecule has 2 heterocycles. The van der Waals surface area contributed by atoms with Crippen molar-refractivity contribution in [3.63, 3.8) is 0 Å². The topological polar surface area (TPSA) is 282 Å². The highest BCUT2D eigenvalue weighted by molar-refractivity contribution is 6.02. The van der Waals surface area contributed by atoms with E-state index in [0.717, 1.165) is 9.80 Å². The smallest absolute Gasteiger partial charge is 0.329 e. The maximum atomic E-state index is 15.0. The third-order valence-electron chi connectivity index (χ3n) is 12.2. The lowest BCUT2D eigenvalue weighted by atomic mass is 9.95. The van der Waals surface area contributed by atoms with E-state index >= 15 is 4.79 Å². The number of aliphatic hydroxyl groups excluding tert-OH is 1. The number of hydrogen-bond acceptors (Lipinski definition) is 12. The molecule has 70 heavy (non-hydrogen) atoms. The fourth-order valence-corrected chi connectivity index (χ4v) is 8.22. The van der Waals surface area contributed by atoms with Crippen LogP contribution in [-0.2, 0) is 60.7 Å². The zero-order valence-corrected chi connectivity index (χ0v) is 41.4. The van der Waals surface area contributed by atoms with Gasteiger partial charge in [0.05, 0.1) is 0 Å². The molecule has 8 amide bonds. The van der Waals surface area contributed by atoms with Crippen LogP contribution in [0.25, 0.3) is 0 Å². The van der Waals surface area contributed by atoms with Gasteiger partial charge in [-0.1, -0.05) is 83.2 Å². The van der Waals surface area contributed by atoms with E-state index in [1.54, 1.807) is 77.1 Å². The molecule has 9 atom stereocenters. The van der Waals surface area contributed by atoms with Crippen LogP contribution in [0.3, 0.4) is 0 Å². The van der Waals surface area contributed by atoms with Gasteiger partial charge in [0, 0.05) is 26.3 Å². The van der Waals surface area contributed by atoms with E-state index in [9.17, 15) is 48.6 Å². The number of nitrogens with zero attached hydrogens (tertiary/aromatic N) is 2. The molecule has 2 saturated heterocycles. The summed E-state index contributed by atoms with van der Waals surface area (Å²) in [7, 11) is 1.37. The molecule has 0 aromatic heterocycles. The van der Waals surface area contributed by atoms with Crippen molar-refractivity contribution >= 4 is 53.2 Å². The predicted molar refractivity (Wildman–Crippen MR) is 256 cm³/mol. The van der Waals surface area contributed by atoms with E-state index in [-0.39, 0.29) is 61.8 Å². The van der Waals surface area contributed by atoms with Gasteiger partial charge in [0.15, 0.2) is 0 Å². The number of piperidine rings is 1. The lowest BCUT2D eigenvalue weighted by Crippen LogP contribution is -2.65. The molecule has 2 aliphatic heterocycles. The normalized spacial score (nSPS) is 24.8. The molecule has 20 nitrogen and oxygen atoms in total. The third-order valence-corrected chi connectivity index (χ3v) is 12.2. The summed E-state index contributed by atoms with van der Waals surface area (Å²) in [5, 5.41) is 37.2. The number of fused-ring (bicyclic) bond motifs is 2. The van der Waals surface area contributed by atoms with Crippen molar-refractivity contribution in [3.05, 3.63) is 77.5 Å². The van der Waals surface area contributed by atoms with Crippen LogP contribution in [0.1, 0.15) is 98.6 Å². The third kappa shape index (κ3) is 15.1. The molecule has 2 aromatic rings. The van der Waals surface area contributed by atoms with Crippen molar-refractivity contribution < 1.29 is 58.1 Å². The summed E-state index contributed by atoms with van der Waals surface area (Å²) in [4.78, 5) is 129. The van der Waals surface area contributed by atoms with Crippen LogP contribution in [0, 0.1) is 11.8 Å². The lowest BCUT2D eigenvalue weighted by Gasteiger charge is -2.43. The number of phenols is 1. The van der Waals surface area contributed by atoms with Crippen molar-refractivity contribution in [1.82, 2.24) is 41.7 Å². The number of nitrogens with one attached hydrogen (secondary N) is 6. The quantitative estimate of drug-likeness (QED) is 0.0981. The molecule has 2 aliphatic rings. The fourth-order valence-electron chi connectivity index (χ4n) is 8.22. The molecule has 2 aromatic carbocycles. The minimum absolute atomic E-state index is 0.0290. The number of aliphatic hydroxyl groups is 1. The molecule has 4 rings (SSSR count). The monoisotopic (exact) mass is 975 g/mol. The fraction of sp³-hybridized carbons (Fsp3) is 0.540. The molecular formula is C50H70N8O12. The van der Waals surface area contributed by atoms with Crippen molar-refractivity contribution in [2.75, 3.05) is 7.05 Å². The van der Waals surface area contributed by atoms with Gasteiger partial charge in [-0.05, 0) is 81.5 Å². The molecule has 2 fully saturated rings. The van der Waals surface area contributed by atoms with Gasteiger partial charge in [-0.3, -0.25) is 38.4 Å². The summed E-state index contributed by atoms with van der Waals surface area (Å²) in [5.74, 6) is -8.22. The maximum Gasteiger partial charge on any atom is 0.329 e. The van der Waals surface area contributed by atoms with Gasteiger partial charge in [0.2, 0.25) is 41.4 Å². The van der Waals surface area contributed by atoms with Crippen molar-refractivity contribution in [3.8, 4) is 5.75 Å². The van der Waals surface area contributed by atoms with Crippen LogP contribution in [-0.4, -0.2) is 135 Å². The number of phenolic OH excluding ortho intramolecular Hbond substituents is 1. The first kappa shape index (κ1) is 55.8. The number of esters is 1. The van der Waals surface area contributed by atoms with Gasteiger partial charge < -0.3 is 56.7 Å². The van der Waals surface area contributed by atoms with E-state index < -0.39 is 108 Å². The molecule has 0 unspecified atom stereocenters. The van der Waals surface area contributed by atoms with Crippen molar-refractivity contribution in [2.24, 2.45) is 11.8 Å². The average Bonchev–Trinajstić information content (AvgIpc) is 3.30. The van der Waals surface area contributed by atoms with Gasteiger partial charge in [0.25, 0.3) is 5.91 Å². The molecular weight excluding hydrogens is 905 g/mol. The average molecular weight is 975 g/mol. The first-order valence-electron chi connectivity index (χ1n) is 23.8. The summed E-state index contributed by atoms with van der Waals surface area (Å²) in [5.41, 5.74) is 0.808. The highest BCUT2D eigenvalue weighted by atomic mass is 16.5. The molecule has 0 aliphatic carbocycles. The largest absolute Gasteiger partial charge is 0.508 e. The zero-order chi connectivity index (χ0) is 52.0. The molecule has 0 radical (unpaired) electrons. The van der Waals surface area contributed by atoms with Crippen molar-refractivity contribution in [2.45, 2.75) is 155 Å². The van der Waals surface area contributed by atoms with Crippen LogP contribution in [0.4, 0.5) is 0 Å². The summed E-state index contributed by atoms with van der Waals surface area (Å²) in [6.45, 7) is 12.8. The molecule has 20 heteroatoms. The van der Waals surface area contributed by atoms with Gasteiger partial charge in [-0.25, -0.2) is 4.79 Å². The van der Waals surface area contributed by atoms with Crippen molar-refractivity contribution in [1.29, 1.82) is 0 Å². The minimum Gasteiger partial charge on any atom is -0.508 e. The first-order valence-corrected chi connectivity index (χ1v) is 23.8. The zero-order valence-electron chi connectivity index (χ0n) is 41.4. The SMILES string of the molecule is C/C=C(\NC(=O)[C@H](C)NC(=O)CCC)C(=O)N[C@@H]1C(=O)N[C@@H](CC(C)C)C(=O)N[C@H]2CC[C@@H](O)N(C2=O)[C@@H](Cc2ccccc2)C(=O)N(C)[C@@H](Cc2ccc(O)cc2)C(=O)N[C@@H](C(C)C)C(=O)O[C@@H]1C. The molecule has 8 N–H and O–H groups in total. The Labute approximate surface area is 409 Å². The standard InChI is InChI=1S/C50H70N8O12/c1-10-15-39(60)51-29(7)43(62)52-34(11-2)44(63)56-42-30(8)70-50(69)41(28(5)6)55-46(65)37(25-32-18-20-33(59)21-19-32)57(9)49(68)38(26-31-16-13-12-14-17-31)58-40(61)23-22-35(48(58)67)53-45(64)36(24-27(3)4)54-47(42)66/h11-14,16-21,27-30,35-38,40-42,59,61H,10,15,22-26H2,1-9H3,(H,51,60)(H,52,62)(H,53,64)(H,54,66)(H,55,65)(H,56,63)/b34-11-/t29-,30+,35-,36-,37-,38-,40+,41-,42-/m0/s1. The second kappa shape index (κ2) is 25.7. The number of rotatable bonds is 14. The van der Waals surface area contributed by atoms with Crippen LogP contribution >= 0.6 is 0 Å². The predicted octanol–water partition coefficient (Wildman–Crippen LogP) is 1.23. The van der Waals surface area contributed by atoms with E-state index in [1.807, 2.05) is 0 Å². The number of benzene rings is 2. The Morgan fingerprint density at radius 1 is 0.829 bits per heavy atom. The Balaban J connectivity index is 1.84. The summed E-state index contributed by atoms with van der Waals surface area (Å²) in [6.07, 6.45) is -1.35. The minimum atomic E-state index is -1.75. The number of carbonyl (C=O) groups is 9. The van der Waals surface area contributed by atoms with E-state index in [4.69, 9.17) is 4.74 Å². The Morgan fingerprint density at radius 2 is 1.46 bits per heavy atom. The second-order valence-electron chi connectivity index (χ2n) is 18.7.